The van der Waals surface area contributed by atoms with Gasteiger partial charge in [0.2, 0.25) is 5.88 Å². The van der Waals surface area contributed by atoms with Crippen molar-refractivity contribution in [2.45, 2.75) is 6.92 Å². The Morgan fingerprint density at radius 1 is 1.33 bits per heavy atom. The Bertz CT molecular complexity index is 897. The van der Waals surface area contributed by atoms with Gasteiger partial charge < -0.3 is 9.84 Å². The molecule has 106 valence electrons. The summed E-state index contributed by atoms with van der Waals surface area (Å²) < 4.78 is 6.52. The zero-order valence-corrected chi connectivity index (χ0v) is 10.9. The molecule has 0 radical (unpaired) electrons. The number of carboxylic acid groups (broad SMARTS) is 1. The van der Waals surface area contributed by atoms with Crippen molar-refractivity contribution in [2.75, 3.05) is 0 Å². The first-order chi connectivity index (χ1) is 10.0. The van der Waals surface area contributed by atoms with Gasteiger partial charge in [-0.05, 0) is 30.7 Å². The first-order valence-electron chi connectivity index (χ1n) is 6.01. The molecule has 0 saturated carbocycles. The molecule has 2 aromatic heterocycles. The number of aromatic amines is 1. The lowest BCUT2D eigenvalue weighted by atomic mass is 10.1. The zero-order valence-electron chi connectivity index (χ0n) is 10.9. The Hall–Kier alpha value is -3.16. The van der Waals surface area contributed by atoms with Gasteiger partial charge in [0.15, 0.2) is 5.65 Å². The highest BCUT2D eigenvalue weighted by atomic mass is 16.5. The number of benzene rings is 1. The predicted octanol–water partition coefficient (Wildman–Crippen LogP) is 1.22. The van der Waals surface area contributed by atoms with Gasteiger partial charge in [0.1, 0.15) is 11.3 Å². The average Bonchev–Trinajstić information content (AvgIpc) is 2.80. The van der Waals surface area contributed by atoms with Gasteiger partial charge in [0, 0.05) is 6.07 Å². The van der Waals surface area contributed by atoms with E-state index in [0.717, 1.165) is 10.1 Å². The van der Waals surface area contributed by atoms with Crippen molar-refractivity contribution in [3.05, 3.63) is 51.9 Å². The number of hydrogen-bond acceptors (Lipinski definition) is 5. The Morgan fingerprint density at radius 3 is 2.90 bits per heavy atom. The summed E-state index contributed by atoms with van der Waals surface area (Å²) in [6.07, 6.45) is 0. The van der Waals surface area contributed by atoms with E-state index in [1.54, 1.807) is 12.1 Å². The topological polar surface area (TPSA) is 110 Å². The van der Waals surface area contributed by atoms with E-state index >= 15 is 0 Å². The molecule has 0 spiro atoms. The molecule has 0 aliphatic heterocycles. The maximum atomic E-state index is 11.4. The van der Waals surface area contributed by atoms with E-state index in [-0.39, 0.29) is 17.2 Å². The normalized spacial score (nSPS) is 10.7. The number of aryl methyl sites for hydroxylation is 1. The molecule has 0 bridgehead atoms. The van der Waals surface area contributed by atoms with E-state index in [1.165, 1.54) is 18.2 Å². The van der Waals surface area contributed by atoms with Crippen LogP contribution in [0.25, 0.3) is 5.65 Å². The van der Waals surface area contributed by atoms with E-state index in [1.807, 2.05) is 6.92 Å². The molecule has 0 unspecified atom stereocenters. The summed E-state index contributed by atoms with van der Waals surface area (Å²) in [6, 6.07) is 7.76. The Balaban J connectivity index is 2.05. The van der Waals surface area contributed by atoms with Crippen molar-refractivity contribution in [1.82, 2.24) is 19.8 Å². The molecule has 0 aliphatic carbocycles. The Labute approximate surface area is 117 Å². The van der Waals surface area contributed by atoms with Gasteiger partial charge in [-0.2, -0.15) is 9.61 Å². The lowest BCUT2D eigenvalue weighted by Crippen LogP contribution is -2.12. The van der Waals surface area contributed by atoms with Gasteiger partial charge in [0.05, 0.1) is 0 Å². The smallest absolute Gasteiger partial charge is 0.364 e. The molecule has 0 atom stereocenters. The van der Waals surface area contributed by atoms with Crippen LogP contribution in [0.2, 0.25) is 0 Å². The molecule has 8 nitrogen and oxygen atoms in total. The second-order valence-corrected chi connectivity index (χ2v) is 4.38. The van der Waals surface area contributed by atoms with Crippen LogP contribution in [0, 0.1) is 6.92 Å². The molecule has 0 amide bonds. The molecule has 21 heavy (non-hydrogen) atoms. The summed E-state index contributed by atoms with van der Waals surface area (Å²) >= 11 is 0. The summed E-state index contributed by atoms with van der Waals surface area (Å²) in [7, 11) is 0. The first kappa shape index (κ1) is 12.9. The van der Waals surface area contributed by atoms with E-state index in [2.05, 4.69) is 15.3 Å². The summed E-state index contributed by atoms with van der Waals surface area (Å²) in [5.74, 6) is -0.850. The molecule has 0 saturated heterocycles. The quantitative estimate of drug-likeness (QED) is 0.749. The number of aromatic nitrogens is 4. The van der Waals surface area contributed by atoms with Crippen LogP contribution in [0.5, 0.6) is 11.6 Å². The maximum Gasteiger partial charge on any atom is 0.364 e. The third-order valence-corrected chi connectivity index (χ3v) is 2.83. The summed E-state index contributed by atoms with van der Waals surface area (Å²) in [5, 5.41) is 19.1. The predicted molar refractivity (Wildman–Crippen MR) is 71.8 cm³/mol. The third-order valence-electron chi connectivity index (χ3n) is 2.83. The minimum Gasteiger partial charge on any atom is -0.478 e. The highest BCUT2D eigenvalue weighted by Crippen LogP contribution is 2.25. The highest BCUT2D eigenvalue weighted by molar-refractivity contribution is 5.91. The number of ether oxygens (including phenoxy) is 1. The number of nitrogens with zero attached hydrogens (tertiary/aromatic N) is 3. The van der Waals surface area contributed by atoms with E-state index < -0.39 is 11.7 Å². The SMILES string of the molecule is Cc1ccc(C(=O)O)c(Oc2ccc3n[nH]c(=O)n3n2)c1. The average molecular weight is 286 g/mol. The largest absolute Gasteiger partial charge is 0.478 e. The van der Waals surface area contributed by atoms with Crippen LogP contribution in [-0.4, -0.2) is 30.9 Å². The fraction of sp³-hybridized carbons (Fsp3) is 0.0769. The van der Waals surface area contributed by atoms with Crippen LogP contribution in [0.3, 0.4) is 0 Å². The molecule has 2 N–H and O–H groups in total. The highest BCUT2D eigenvalue weighted by Gasteiger charge is 2.13. The number of aromatic carboxylic acids is 1. The number of carbonyl (C=O) groups is 1. The fourth-order valence-corrected chi connectivity index (χ4v) is 1.84. The van der Waals surface area contributed by atoms with E-state index in [9.17, 15) is 9.59 Å². The van der Waals surface area contributed by atoms with Crippen molar-refractivity contribution in [3.8, 4) is 11.6 Å². The van der Waals surface area contributed by atoms with Crippen LogP contribution in [0.15, 0.2) is 35.1 Å². The van der Waals surface area contributed by atoms with Crippen molar-refractivity contribution in [1.29, 1.82) is 0 Å². The Morgan fingerprint density at radius 2 is 2.14 bits per heavy atom. The van der Waals surface area contributed by atoms with Crippen LogP contribution >= 0.6 is 0 Å². The second kappa shape index (κ2) is 4.75. The summed E-state index contributed by atoms with van der Waals surface area (Å²) in [4.78, 5) is 22.6. The second-order valence-electron chi connectivity index (χ2n) is 4.38. The summed E-state index contributed by atoms with van der Waals surface area (Å²) in [6.45, 7) is 1.82. The van der Waals surface area contributed by atoms with Crippen LogP contribution in [-0.2, 0) is 0 Å². The van der Waals surface area contributed by atoms with Gasteiger partial charge in [-0.15, -0.1) is 5.10 Å². The number of hydrogen-bond donors (Lipinski definition) is 2. The van der Waals surface area contributed by atoms with Crippen LogP contribution in [0.1, 0.15) is 15.9 Å². The Kier molecular flexibility index (Phi) is 2.90. The minimum absolute atomic E-state index is 0.0158. The molecule has 0 fully saturated rings. The van der Waals surface area contributed by atoms with Crippen molar-refractivity contribution < 1.29 is 14.6 Å². The van der Waals surface area contributed by atoms with Gasteiger partial charge in [-0.1, -0.05) is 6.07 Å². The molecule has 3 rings (SSSR count). The van der Waals surface area contributed by atoms with E-state index in [0.29, 0.717) is 5.65 Å². The molecule has 1 aromatic carbocycles. The van der Waals surface area contributed by atoms with Crippen molar-refractivity contribution in [2.24, 2.45) is 0 Å². The maximum absolute atomic E-state index is 11.4. The molecular formula is C13H10N4O4. The lowest BCUT2D eigenvalue weighted by Gasteiger charge is -2.08. The molecular weight excluding hydrogens is 276 g/mol. The third kappa shape index (κ3) is 2.34. The standard InChI is InChI=1S/C13H10N4O4/c1-7-2-3-8(12(18)19)9(6-7)21-11-5-4-10-14-15-13(20)17(10)16-11/h2-6H,1H3,(H,15,20)(H,18,19). The van der Waals surface area contributed by atoms with Gasteiger partial charge in [0.25, 0.3) is 0 Å². The van der Waals surface area contributed by atoms with Gasteiger partial charge >= 0.3 is 11.7 Å². The lowest BCUT2D eigenvalue weighted by molar-refractivity contribution is 0.0694. The van der Waals surface area contributed by atoms with Gasteiger partial charge in [-0.25, -0.2) is 14.7 Å². The monoisotopic (exact) mass is 286 g/mol. The molecule has 3 aromatic rings. The van der Waals surface area contributed by atoms with Gasteiger partial charge in [-0.3, -0.25) is 0 Å². The van der Waals surface area contributed by atoms with Crippen molar-refractivity contribution in [3.63, 3.8) is 0 Å². The number of fused-ring (bicyclic) bond motifs is 1. The fourth-order valence-electron chi connectivity index (χ4n) is 1.84. The zero-order chi connectivity index (χ0) is 15.0. The summed E-state index contributed by atoms with van der Waals surface area (Å²) in [5.41, 5.74) is 0.701. The number of nitrogens with one attached hydrogen (secondary N) is 1. The molecule has 2 heterocycles. The van der Waals surface area contributed by atoms with Crippen LogP contribution in [0.4, 0.5) is 0 Å². The number of rotatable bonds is 3. The molecule has 8 heteroatoms. The minimum atomic E-state index is -1.11. The number of H-pyrrole nitrogens is 1. The van der Waals surface area contributed by atoms with Crippen molar-refractivity contribution >= 4 is 11.6 Å². The molecule has 0 aliphatic rings. The van der Waals surface area contributed by atoms with E-state index in [4.69, 9.17) is 9.84 Å². The van der Waals surface area contributed by atoms with Crippen LogP contribution < -0.4 is 10.4 Å². The number of carboxylic acids is 1. The first-order valence-corrected chi connectivity index (χ1v) is 6.01.